The van der Waals surface area contributed by atoms with Crippen LogP contribution in [0.2, 0.25) is 5.02 Å². The molecule has 2 unspecified atom stereocenters. The van der Waals surface area contributed by atoms with Crippen LogP contribution in [0.5, 0.6) is 0 Å². The number of nitrogens with zero attached hydrogens (tertiary/aromatic N) is 1. The van der Waals surface area contributed by atoms with Gasteiger partial charge in [-0.25, -0.2) is 4.79 Å². The molecule has 1 amide bonds. The minimum Gasteiger partial charge on any atom is -0.445 e. The quantitative estimate of drug-likeness (QED) is 0.706. The van der Waals surface area contributed by atoms with Crippen LogP contribution in [-0.4, -0.2) is 23.1 Å². The molecule has 0 N–H and O–H groups in total. The third kappa shape index (κ3) is 3.49. The molecule has 1 saturated heterocycles. The molecular formula is C22H22ClNO2. The van der Waals surface area contributed by atoms with Crippen molar-refractivity contribution in [3.8, 4) is 0 Å². The first-order valence-corrected chi connectivity index (χ1v) is 9.45. The van der Waals surface area contributed by atoms with E-state index in [1.54, 1.807) is 0 Å². The molecule has 0 aliphatic carbocycles. The summed E-state index contributed by atoms with van der Waals surface area (Å²) in [6.45, 7) is 2.38. The third-order valence-corrected chi connectivity index (χ3v) is 5.44. The van der Waals surface area contributed by atoms with Gasteiger partial charge in [-0.2, -0.15) is 0 Å². The van der Waals surface area contributed by atoms with Gasteiger partial charge in [-0.15, -0.1) is 0 Å². The van der Waals surface area contributed by atoms with Crippen molar-refractivity contribution in [1.82, 2.24) is 4.90 Å². The lowest BCUT2D eigenvalue weighted by atomic mass is 9.94. The largest absolute Gasteiger partial charge is 0.445 e. The van der Waals surface area contributed by atoms with Gasteiger partial charge in [0.2, 0.25) is 0 Å². The van der Waals surface area contributed by atoms with Crippen LogP contribution in [0.4, 0.5) is 4.79 Å². The standard InChI is InChI=1S/C22H22ClNO2/c1-15-9-17(11-19(23)10-15)18-12-20-7-8-21(13-18)24(20)22(25)26-14-16-5-3-2-4-6-16/h2-6,9-12,20-21H,7-8,13-14H2,1H3. The molecule has 4 heteroatoms. The summed E-state index contributed by atoms with van der Waals surface area (Å²) in [6, 6.07) is 16.3. The number of amides is 1. The fraction of sp³-hybridized carbons (Fsp3) is 0.318. The van der Waals surface area contributed by atoms with Crippen molar-refractivity contribution < 1.29 is 9.53 Å². The molecule has 0 aromatic heterocycles. The molecule has 0 radical (unpaired) electrons. The Morgan fingerprint density at radius 3 is 2.73 bits per heavy atom. The number of ether oxygens (including phenoxy) is 1. The molecule has 0 saturated carbocycles. The van der Waals surface area contributed by atoms with Crippen molar-refractivity contribution in [2.75, 3.05) is 0 Å². The van der Waals surface area contributed by atoms with Crippen LogP contribution >= 0.6 is 11.6 Å². The highest BCUT2D eigenvalue weighted by molar-refractivity contribution is 6.30. The van der Waals surface area contributed by atoms with Gasteiger partial charge in [-0.3, -0.25) is 4.90 Å². The molecule has 26 heavy (non-hydrogen) atoms. The Kier molecular flexibility index (Phi) is 4.73. The topological polar surface area (TPSA) is 29.5 Å². The summed E-state index contributed by atoms with van der Waals surface area (Å²) in [5.74, 6) is 0. The maximum absolute atomic E-state index is 12.6. The van der Waals surface area contributed by atoms with E-state index in [1.807, 2.05) is 47.4 Å². The molecular weight excluding hydrogens is 346 g/mol. The summed E-state index contributed by atoms with van der Waals surface area (Å²) >= 11 is 6.22. The van der Waals surface area contributed by atoms with Crippen LogP contribution in [0.25, 0.3) is 5.57 Å². The maximum atomic E-state index is 12.6. The number of aryl methyl sites for hydroxylation is 1. The third-order valence-electron chi connectivity index (χ3n) is 5.22. The van der Waals surface area contributed by atoms with E-state index in [9.17, 15) is 4.79 Å². The van der Waals surface area contributed by atoms with Gasteiger partial charge < -0.3 is 4.74 Å². The fourth-order valence-electron chi connectivity index (χ4n) is 4.04. The molecule has 134 valence electrons. The predicted octanol–water partition coefficient (Wildman–Crippen LogP) is 5.61. The number of carbonyl (C=O) groups excluding carboxylic acids is 1. The van der Waals surface area contributed by atoms with E-state index >= 15 is 0 Å². The average molecular weight is 368 g/mol. The Hall–Kier alpha value is -2.26. The first-order valence-electron chi connectivity index (χ1n) is 9.07. The molecule has 2 aliphatic rings. The summed E-state index contributed by atoms with van der Waals surface area (Å²) in [5.41, 5.74) is 4.63. The van der Waals surface area contributed by atoms with Gasteiger partial charge in [-0.05, 0) is 60.6 Å². The van der Waals surface area contributed by atoms with Crippen LogP contribution in [0.15, 0.2) is 54.6 Å². The Balaban J connectivity index is 1.48. The molecule has 1 fully saturated rings. The van der Waals surface area contributed by atoms with Crippen molar-refractivity contribution in [3.63, 3.8) is 0 Å². The number of benzene rings is 2. The molecule has 0 spiro atoms. The minimum atomic E-state index is -0.209. The number of rotatable bonds is 3. The van der Waals surface area contributed by atoms with Crippen molar-refractivity contribution >= 4 is 23.3 Å². The van der Waals surface area contributed by atoms with E-state index in [2.05, 4.69) is 19.1 Å². The normalized spacial score (nSPS) is 21.5. The Morgan fingerprint density at radius 1 is 1.19 bits per heavy atom. The highest BCUT2D eigenvalue weighted by Gasteiger charge is 2.40. The molecule has 2 atom stereocenters. The lowest BCUT2D eigenvalue weighted by Gasteiger charge is -2.33. The molecule has 2 aliphatic heterocycles. The molecule has 2 aromatic carbocycles. The fourth-order valence-corrected chi connectivity index (χ4v) is 4.33. The van der Waals surface area contributed by atoms with Gasteiger partial charge >= 0.3 is 6.09 Å². The number of fused-ring (bicyclic) bond motifs is 2. The Labute approximate surface area is 159 Å². The average Bonchev–Trinajstić information content (AvgIpc) is 2.89. The van der Waals surface area contributed by atoms with Gasteiger partial charge in [0.15, 0.2) is 0 Å². The monoisotopic (exact) mass is 367 g/mol. The second-order valence-corrected chi connectivity index (χ2v) is 7.60. The first kappa shape index (κ1) is 17.2. The zero-order chi connectivity index (χ0) is 18.1. The maximum Gasteiger partial charge on any atom is 0.410 e. The van der Waals surface area contributed by atoms with Gasteiger partial charge in [0.25, 0.3) is 0 Å². The van der Waals surface area contributed by atoms with Gasteiger partial charge in [0.1, 0.15) is 6.61 Å². The van der Waals surface area contributed by atoms with Crippen molar-refractivity contribution in [2.45, 2.75) is 44.9 Å². The highest BCUT2D eigenvalue weighted by Crippen LogP contribution is 2.39. The molecule has 2 aromatic rings. The van der Waals surface area contributed by atoms with E-state index in [0.717, 1.165) is 35.4 Å². The minimum absolute atomic E-state index is 0.117. The van der Waals surface area contributed by atoms with Crippen LogP contribution < -0.4 is 0 Å². The zero-order valence-corrected chi connectivity index (χ0v) is 15.6. The molecule has 3 nitrogen and oxygen atoms in total. The SMILES string of the molecule is Cc1cc(Cl)cc(C2=CC3CCC(C2)N3C(=O)OCc2ccccc2)c1. The van der Waals surface area contributed by atoms with Crippen LogP contribution in [0.1, 0.15) is 36.0 Å². The van der Waals surface area contributed by atoms with Gasteiger partial charge in [0.05, 0.1) is 6.04 Å². The van der Waals surface area contributed by atoms with Gasteiger partial charge in [0, 0.05) is 11.1 Å². The lowest BCUT2D eigenvalue weighted by molar-refractivity contribution is 0.0832. The predicted molar refractivity (Wildman–Crippen MR) is 104 cm³/mol. The second kappa shape index (κ2) is 7.16. The van der Waals surface area contributed by atoms with Crippen LogP contribution in [-0.2, 0) is 11.3 Å². The van der Waals surface area contributed by atoms with Crippen molar-refractivity contribution in [2.24, 2.45) is 0 Å². The van der Waals surface area contributed by atoms with Crippen LogP contribution in [0.3, 0.4) is 0 Å². The number of hydrogen-bond donors (Lipinski definition) is 0. The Bertz CT molecular complexity index is 826. The van der Waals surface area contributed by atoms with E-state index < -0.39 is 0 Å². The van der Waals surface area contributed by atoms with E-state index in [0.29, 0.717) is 6.61 Å². The zero-order valence-electron chi connectivity index (χ0n) is 14.8. The molecule has 2 heterocycles. The Morgan fingerprint density at radius 2 is 2.00 bits per heavy atom. The summed E-state index contributed by atoms with van der Waals surface area (Å²) in [4.78, 5) is 14.6. The first-order chi connectivity index (χ1) is 12.6. The van der Waals surface area contributed by atoms with Gasteiger partial charge in [-0.1, -0.05) is 54.1 Å². The van der Waals surface area contributed by atoms with Crippen LogP contribution in [0, 0.1) is 6.92 Å². The summed E-state index contributed by atoms with van der Waals surface area (Å²) in [5, 5.41) is 0.762. The molecule has 4 rings (SSSR count). The molecule has 2 bridgehead atoms. The summed E-state index contributed by atoms with van der Waals surface area (Å²) < 4.78 is 5.56. The number of hydrogen-bond acceptors (Lipinski definition) is 2. The van der Waals surface area contributed by atoms with Crippen molar-refractivity contribution in [1.29, 1.82) is 0 Å². The number of halogens is 1. The second-order valence-electron chi connectivity index (χ2n) is 7.16. The van der Waals surface area contributed by atoms with Crippen molar-refractivity contribution in [3.05, 3.63) is 76.3 Å². The smallest absolute Gasteiger partial charge is 0.410 e. The number of carbonyl (C=O) groups is 1. The summed E-state index contributed by atoms with van der Waals surface area (Å²) in [7, 11) is 0. The summed E-state index contributed by atoms with van der Waals surface area (Å²) in [6.07, 6.45) is 4.88. The highest BCUT2D eigenvalue weighted by atomic mass is 35.5. The van der Waals surface area contributed by atoms with E-state index in [4.69, 9.17) is 16.3 Å². The van der Waals surface area contributed by atoms with E-state index in [1.165, 1.54) is 11.1 Å². The van der Waals surface area contributed by atoms with E-state index in [-0.39, 0.29) is 18.2 Å². The lowest BCUT2D eigenvalue weighted by Crippen LogP contribution is -2.43.